The van der Waals surface area contributed by atoms with Crippen LogP contribution < -0.4 is 0 Å². The monoisotopic (exact) mass is 286 g/mol. The lowest BCUT2D eigenvalue weighted by molar-refractivity contribution is -0.0340. The van der Waals surface area contributed by atoms with Crippen LogP contribution in [0.3, 0.4) is 0 Å². The third-order valence-corrected chi connectivity index (χ3v) is 4.27. The highest BCUT2D eigenvalue weighted by molar-refractivity contribution is 9.09. The van der Waals surface area contributed by atoms with Gasteiger partial charge in [-0.15, -0.1) is 0 Å². The molecule has 0 saturated heterocycles. The van der Waals surface area contributed by atoms with E-state index in [-0.39, 0.29) is 11.4 Å². The third kappa shape index (κ3) is 2.64. The molecule has 3 heteroatoms. The third-order valence-electron chi connectivity index (χ3n) is 3.25. The van der Waals surface area contributed by atoms with Crippen LogP contribution in [0.1, 0.15) is 31.2 Å². The molecule has 1 saturated carbocycles. The molecule has 1 aliphatic rings. The van der Waals surface area contributed by atoms with Crippen molar-refractivity contribution < 1.29 is 9.13 Å². The van der Waals surface area contributed by atoms with Crippen LogP contribution in [0, 0.1) is 5.82 Å². The number of hydrogen-bond donors (Lipinski definition) is 0. The molecule has 0 heterocycles. The molecule has 1 fully saturated rings. The quantitative estimate of drug-likeness (QED) is 0.759. The summed E-state index contributed by atoms with van der Waals surface area (Å²) in [6, 6.07) is 6.81. The molecule has 2 rings (SSSR count). The van der Waals surface area contributed by atoms with Crippen molar-refractivity contribution in [3.8, 4) is 0 Å². The fraction of sp³-hybridized carbons (Fsp3) is 0.538. The second-order valence-corrected chi connectivity index (χ2v) is 4.96. The van der Waals surface area contributed by atoms with Gasteiger partial charge in [0.25, 0.3) is 0 Å². The van der Waals surface area contributed by atoms with E-state index in [1.807, 2.05) is 6.07 Å². The summed E-state index contributed by atoms with van der Waals surface area (Å²) in [6.07, 6.45) is 4.57. The second-order valence-electron chi connectivity index (χ2n) is 4.40. The van der Waals surface area contributed by atoms with Gasteiger partial charge in [-0.25, -0.2) is 4.39 Å². The van der Waals surface area contributed by atoms with Crippen LogP contribution in [-0.2, 0) is 11.3 Å². The molecule has 1 nitrogen and oxygen atoms in total. The minimum atomic E-state index is -0.176. The fourth-order valence-electron chi connectivity index (χ4n) is 2.18. The van der Waals surface area contributed by atoms with Crippen molar-refractivity contribution in [1.82, 2.24) is 0 Å². The maximum Gasteiger partial charge on any atom is 0.128 e. The van der Waals surface area contributed by atoms with Crippen molar-refractivity contribution in [3.05, 3.63) is 35.6 Å². The van der Waals surface area contributed by atoms with Crippen LogP contribution in [0.15, 0.2) is 24.3 Å². The van der Waals surface area contributed by atoms with Crippen molar-refractivity contribution in [2.75, 3.05) is 5.33 Å². The first kappa shape index (κ1) is 12.1. The van der Waals surface area contributed by atoms with Gasteiger partial charge in [0, 0.05) is 10.9 Å². The summed E-state index contributed by atoms with van der Waals surface area (Å²) in [6.45, 7) is 0.373. The van der Waals surface area contributed by atoms with Crippen LogP contribution in [0.2, 0.25) is 0 Å². The molecule has 0 radical (unpaired) electrons. The molecule has 0 atom stereocenters. The van der Waals surface area contributed by atoms with Crippen molar-refractivity contribution in [3.63, 3.8) is 0 Å². The highest BCUT2D eigenvalue weighted by atomic mass is 79.9. The second kappa shape index (κ2) is 5.28. The Morgan fingerprint density at radius 3 is 2.56 bits per heavy atom. The maximum absolute atomic E-state index is 13.4. The Labute approximate surface area is 104 Å². The van der Waals surface area contributed by atoms with Gasteiger partial charge in [-0.2, -0.15) is 0 Å². The van der Waals surface area contributed by atoms with Gasteiger partial charge in [-0.05, 0) is 18.9 Å². The molecule has 0 bridgehead atoms. The predicted octanol–water partition coefficient (Wildman–Crippen LogP) is 4.05. The summed E-state index contributed by atoms with van der Waals surface area (Å²) in [7, 11) is 0. The van der Waals surface area contributed by atoms with Crippen molar-refractivity contribution in [2.24, 2.45) is 0 Å². The molecule has 0 unspecified atom stereocenters. The Balaban J connectivity index is 1.98. The van der Waals surface area contributed by atoms with E-state index in [0.717, 1.165) is 18.2 Å². The summed E-state index contributed by atoms with van der Waals surface area (Å²) in [5.41, 5.74) is 0.581. The molecule has 1 aromatic rings. The van der Waals surface area contributed by atoms with Crippen LogP contribution >= 0.6 is 15.9 Å². The molecular weight excluding hydrogens is 271 g/mol. The van der Waals surface area contributed by atoms with E-state index >= 15 is 0 Å². The highest BCUT2D eigenvalue weighted by Crippen LogP contribution is 2.35. The van der Waals surface area contributed by atoms with E-state index in [0.29, 0.717) is 12.2 Å². The topological polar surface area (TPSA) is 9.23 Å². The van der Waals surface area contributed by atoms with E-state index in [2.05, 4.69) is 15.9 Å². The Kier molecular flexibility index (Phi) is 3.98. The van der Waals surface area contributed by atoms with Gasteiger partial charge in [-0.1, -0.05) is 47.0 Å². The number of halogens is 2. The molecule has 1 aromatic carbocycles. The molecule has 88 valence electrons. The lowest BCUT2D eigenvalue weighted by Gasteiger charge is -2.27. The van der Waals surface area contributed by atoms with Crippen molar-refractivity contribution >= 4 is 15.9 Å². The summed E-state index contributed by atoms with van der Waals surface area (Å²) >= 11 is 3.51. The van der Waals surface area contributed by atoms with E-state index in [1.165, 1.54) is 18.9 Å². The van der Waals surface area contributed by atoms with Crippen molar-refractivity contribution in [1.29, 1.82) is 0 Å². The first-order chi connectivity index (χ1) is 7.76. The van der Waals surface area contributed by atoms with Crippen LogP contribution in [0.4, 0.5) is 4.39 Å². The summed E-state index contributed by atoms with van der Waals surface area (Å²) < 4.78 is 19.3. The average Bonchev–Trinajstić information content (AvgIpc) is 2.78. The van der Waals surface area contributed by atoms with E-state index in [1.54, 1.807) is 12.1 Å². The van der Waals surface area contributed by atoms with E-state index in [4.69, 9.17) is 4.74 Å². The van der Waals surface area contributed by atoms with E-state index in [9.17, 15) is 4.39 Å². The lowest BCUT2D eigenvalue weighted by Crippen LogP contribution is -2.30. The zero-order chi connectivity index (χ0) is 11.4. The summed E-state index contributed by atoms with van der Waals surface area (Å²) in [5, 5.41) is 0.842. The van der Waals surface area contributed by atoms with Crippen LogP contribution in [0.25, 0.3) is 0 Å². The predicted molar refractivity (Wildman–Crippen MR) is 66.2 cm³/mol. The summed E-state index contributed by atoms with van der Waals surface area (Å²) in [4.78, 5) is 0. The van der Waals surface area contributed by atoms with Crippen molar-refractivity contribution in [2.45, 2.75) is 37.9 Å². The zero-order valence-electron chi connectivity index (χ0n) is 9.22. The summed E-state index contributed by atoms with van der Waals surface area (Å²) in [5.74, 6) is -0.176. The number of hydrogen-bond acceptors (Lipinski definition) is 1. The molecule has 0 aliphatic heterocycles. The molecular formula is C13H16BrFO. The Morgan fingerprint density at radius 2 is 1.94 bits per heavy atom. The van der Waals surface area contributed by atoms with Gasteiger partial charge >= 0.3 is 0 Å². The van der Waals surface area contributed by atoms with Gasteiger partial charge in [0.05, 0.1) is 12.2 Å². The maximum atomic E-state index is 13.4. The van der Waals surface area contributed by atoms with Gasteiger partial charge in [0.1, 0.15) is 5.82 Å². The molecule has 16 heavy (non-hydrogen) atoms. The minimum absolute atomic E-state index is 0.0672. The Hall–Kier alpha value is -0.410. The first-order valence-electron chi connectivity index (χ1n) is 5.69. The normalized spacial score (nSPS) is 18.9. The highest BCUT2D eigenvalue weighted by Gasteiger charge is 2.33. The minimum Gasteiger partial charge on any atom is -0.369 e. The standard InChI is InChI=1S/C13H16BrFO/c14-10-13(7-3-4-8-13)16-9-11-5-1-2-6-12(11)15/h1-2,5-6H,3-4,7-10H2. The first-order valence-corrected chi connectivity index (χ1v) is 6.81. The molecule has 1 aliphatic carbocycles. The smallest absolute Gasteiger partial charge is 0.128 e. The molecule has 0 spiro atoms. The van der Waals surface area contributed by atoms with Gasteiger partial charge in [0.2, 0.25) is 0 Å². The molecule has 0 aromatic heterocycles. The van der Waals surface area contributed by atoms with Gasteiger partial charge < -0.3 is 4.74 Å². The molecule has 0 N–H and O–H groups in total. The zero-order valence-corrected chi connectivity index (χ0v) is 10.8. The number of benzene rings is 1. The van der Waals surface area contributed by atoms with Crippen LogP contribution in [-0.4, -0.2) is 10.9 Å². The molecule has 0 amide bonds. The average molecular weight is 287 g/mol. The number of alkyl halides is 1. The fourth-order valence-corrected chi connectivity index (χ4v) is 2.90. The Bertz CT molecular complexity index is 348. The number of rotatable bonds is 4. The largest absolute Gasteiger partial charge is 0.369 e. The Morgan fingerprint density at radius 1 is 1.25 bits per heavy atom. The lowest BCUT2D eigenvalue weighted by atomic mass is 10.1. The van der Waals surface area contributed by atoms with Gasteiger partial charge in [-0.3, -0.25) is 0 Å². The van der Waals surface area contributed by atoms with Gasteiger partial charge in [0.15, 0.2) is 0 Å². The van der Waals surface area contributed by atoms with Crippen LogP contribution in [0.5, 0.6) is 0 Å². The number of ether oxygens (including phenoxy) is 1. The van der Waals surface area contributed by atoms with E-state index < -0.39 is 0 Å². The SMILES string of the molecule is Fc1ccccc1COC1(CBr)CCCC1.